The molecule has 0 bridgehead atoms. The summed E-state index contributed by atoms with van der Waals surface area (Å²) in [5.74, 6) is -0.546. The third-order valence-electron chi connectivity index (χ3n) is 1.97. The van der Waals surface area contributed by atoms with Crippen LogP contribution in [0.5, 0.6) is 0 Å². The molecular formula is C9H9N5O. The molecule has 1 amide bonds. The number of rotatable bonds is 2. The monoisotopic (exact) mass is 203 g/mol. The molecule has 6 nitrogen and oxygen atoms in total. The summed E-state index contributed by atoms with van der Waals surface area (Å²) >= 11 is 0. The molecule has 2 rings (SSSR count). The van der Waals surface area contributed by atoms with Crippen molar-refractivity contribution in [1.29, 1.82) is 0 Å². The van der Waals surface area contributed by atoms with Gasteiger partial charge in [-0.25, -0.2) is 0 Å². The summed E-state index contributed by atoms with van der Waals surface area (Å²) in [5, 5.41) is 6.48. The number of carbonyl (C=O) groups is 1. The van der Waals surface area contributed by atoms with Crippen molar-refractivity contribution in [3.05, 3.63) is 29.8 Å². The molecule has 0 unspecified atom stereocenters. The number of aryl methyl sites for hydroxylation is 1. The van der Waals surface area contributed by atoms with Gasteiger partial charge in [0.2, 0.25) is 0 Å². The van der Waals surface area contributed by atoms with E-state index in [9.17, 15) is 4.79 Å². The molecule has 0 saturated carbocycles. The van der Waals surface area contributed by atoms with Gasteiger partial charge in [0.05, 0.1) is 5.69 Å². The minimum Gasteiger partial charge on any atom is -0.364 e. The zero-order valence-electron chi connectivity index (χ0n) is 8.06. The summed E-state index contributed by atoms with van der Waals surface area (Å²) in [6.45, 7) is 1.82. The first-order valence-electron chi connectivity index (χ1n) is 4.31. The van der Waals surface area contributed by atoms with Crippen LogP contribution >= 0.6 is 0 Å². The second-order valence-electron chi connectivity index (χ2n) is 3.02. The molecule has 0 saturated heterocycles. The Balaban J connectivity index is 2.46. The molecule has 0 aliphatic heterocycles. The molecule has 0 fully saturated rings. The van der Waals surface area contributed by atoms with Crippen molar-refractivity contribution in [2.45, 2.75) is 6.92 Å². The Morgan fingerprint density at radius 2 is 2.13 bits per heavy atom. The second kappa shape index (κ2) is 3.49. The van der Waals surface area contributed by atoms with Crippen molar-refractivity contribution in [2.75, 3.05) is 0 Å². The summed E-state index contributed by atoms with van der Waals surface area (Å²) in [6.07, 6.45) is 3.17. The predicted molar refractivity (Wildman–Crippen MR) is 52.9 cm³/mol. The Bertz CT molecular complexity index is 505. The number of hydrogen-bond acceptors (Lipinski definition) is 4. The van der Waals surface area contributed by atoms with Gasteiger partial charge < -0.3 is 5.73 Å². The lowest BCUT2D eigenvalue weighted by Gasteiger charge is -1.97. The molecular weight excluding hydrogens is 194 g/mol. The maximum Gasteiger partial charge on any atom is 0.266 e. The molecule has 2 heterocycles. The molecule has 0 spiro atoms. The van der Waals surface area contributed by atoms with E-state index in [2.05, 4.69) is 20.2 Å². The van der Waals surface area contributed by atoms with Crippen LogP contribution in [0.3, 0.4) is 0 Å². The van der Waals surface area contributed by atoms with Gasteiger partial charge in [0.1, 0.15) is 17.1 Å². The van der Waals surface area contributed by atoms with E-state index < -0.39 is 5.91 Å². The fourth-order valence-electron chi connectivity index (χ4n) is 1.23. The van der Waals surface area contributed by atoms with E-state index in [1.54, 1.807) is 18.5 Å². The van der Waals surface area contributed by atoms with Crippen LogP contribution in [0.15, 0.2) is 18.5 Å². The molecule has 0 radical (unpaired) electrons. The van der Waals surface area contributed by atoms with Gasteiger partial charge in [0, 0.05) is 12.4 Å². The Morgan fingerprint density at radius 1 is 1.40 bits per heavy atom. The average molecular weight is 203 g/mol. The molecule has 0 aliphatic carbocycles. The van der Waals surface area contributed by atoms with Gasteiger partial charge in [0.25, 0.3) is 5.91 Å². The topological polar surface area (TPSA) is 97.5 Å². The number of aromatic nitrogens is 4. The second-order valence-corrected chi connectivity index (χ2v) is 3.02. The standard InChI is InChI=1S/C9H9N5O/c1-5-8(12-3-2-11-5)6-4-7(9(10)15)14-13-6/h2-4H,1H3,(H2,10,15)(H,13,14). The molecule has 3 N–H and O–H groups in total. The summed E-state index contributed by atoms with van der Waals surface area (Å²) in [5.41, 5.74) is 7.31. The van der Waals surface area contributed by atoms with Crippen LogP contribution in [-0.4, -0.2) is 26.1 Å². The highest BCUT2D eigenvalue weighted by molar-refractivity contribution is 5.91. The molecule has 0 atom stereocenters. The van der Waals surface area contributed by atoms with Crippen LogP contribution in [0.1, 0.15) is 16.2 Å². The van der Waals surface area contributed by atoms with Crippen molar-refractivity contribution in [2.24, 2.45) is 5.73 Å². The lowest BCUT2D eigenvalue weighted by molar-refractivity contribution is 0.0995. The third kappa shape index (κ3) is 1.69. The third-order valence-corrected chi connectivity index (χ3v) is 1.97. The van der Waals surface area contributed by atoms with Crippen LogP contribution in [0.25, 0.3) is 11.4 Å². The molecule has 6 heteroatoms. The van der Waals surface area contributed by atoms with Gasteiger partial charge in [-0.3, -0.25) is 19.9 Å². The average Bonchev–Trinajstić information content (AvgIpc) is 2.67. The lowest BCUT2D eigenvalue weighted by Crippen LogP contribution is -2.10. The molecule has 0 aliphatic rings. The smallest absolute Gasteiger partial charge is 0.266 e. The van der Waals surface area contributed by atoms with E-state index in [-0.39, 0.29) is 5.69 Å². The van der Waals surface area contributed by atoms with Crippen molar-refractivity contribution in [3.63, 3.8) is 0 Å². The Morgan fingerprint density at radius 3 is 2.73 bits per heavy atom. The summed E-state index contributed by atoms with van der Waals surface area (Å²) in [6, 6.07) is 1.55. The first-order valence-corrected chi connectivity index (χ1v) is 4.31. The highest BCUT2D eigenvalue weighted by Gasteiger charge is 2.10. The summed E-state index contributed by atoms with van der Waals surface area (Å²) in [4.78, 5) is 19.0. The summed E-state index contributed by atoms with van der Waals surface area (Å²) < 4.78 is 0. The Kier molecular flexibility index (Phi) is 2.17. The predicted octanol–water partition coefficient (Wildman–Crippen LogP) is 0.274. The summed E-state index contributed by atoms with van der Waals surface area (Å²) in [7, 11) is 0. The number of nitrogens with two attached hydrogens (primary N) is 1. The Hall–Kier alpha value is -2.24. The number of carbonyl (C=O) groups excluding carboxylic acids is 1. The maximum atomic E-state index is 10.8. The largest absolute Gasteiger partial charge is 0.364 e. The molecule has 0 aromatic carbocycles. The number of nitrogens with zero attached hydrogens (tertiary/aromatic N) is 3. The van der Waals surface area contributed by atoms with Crippen molar-refractivity contribution in [1.82, 2.24) is 20.2 Å². The van der Waals surface area contributed by atoms with Crippen molar-refractivity contribution >= 4 is 5.91 Å². The van der Waals surface area contributed by atoms with E-state index in [1.807, 2.05) is 6.92 Å². The molecule has 2 aromatic heterocycles. The van der Waals surface area contributed by atoms with Gasteiger partial charge in [0.15, 0.2) is 0 Å². The van der Waals surface area contributed by atoms with E-state index >= 15 is 0 Å². The van der Waals surface area contributed by atoms with Gasteiger partial charge in [-0.1, -0.05) is 0 Å². The van der Waals surface area contributed by atoms with Crippen molar-refractivity contribution in [3.8, 4) is 11.4 Å². The van der Waals surface area contributed by atoms with Crippen LogP contribution in [0.4, 0.5) is 0 Å². The van der Waals surface area contributed by atoms with E-state index in [1.165, 1.54) is 0 Å². The minimum absolute atomic E-state index is 0.259. The van der Waals surface area contributed by atoms with Crippen LogP contribution < -0.4 is 5.73 Å². The van der Waals surface area contributed by atoms with Crippen molar-refractivity contribution < 1.29 is 4.79 Å². The number of primary amides is 1. The fourth-order valence-corrected chi connectivity index (χ4v) is 1.23. The Labute approximate surface area is 85.6 Å². The van der Waals surface area contributed by atoms with Gasteiger partial charge in [-0.15, -0.1) is 0 Å². The van der Waals surface area contributed by atoms with Crippen LogP contribution in [-0.2, 0) is 0 Å². The highest BCUT2D eigenvalue weighted by Crippen LogP contribution is 2.16. The highest BCUT2D eigenvalue weighted by atomic mass is 16.1. The molecule has 15 heavy (non-hydrogen) atoms. The maximum absolute atomic E-state index is 10.8. The van der Waals surface area contributed by atoms with E-state index in [4.69, 9.17) is 5.73 Å². The number of H-pyrrole nitrogens is 1. The van der Waals surface area contributed by atoms with Gasteiger partial charge in [-0.05, 0) is 13.0 Å². The van der Waals surface area contributed by atoms with Crippen LogP contribution in [0.2, 0.25) is 0 Å². The van der Waals surface area contributed by atoms with E-state index in [0.717, 1.165) is 5.69 Å². The van der Waals surface area contributed by atoms with Gasteiger partial charge >= 0.3 is 0 Å². The molecule has 76 valence electrons. The molecule has 2 aromatic rings. The zero-order chi connectivity index (χ0) is 10.8. The normalized spacial score (nSPS) is 10.2. The number of nitrogens with one attached hydrogen (secondary N) is 1. The zero-order valence-corrected chi connectivity index (χ0v) is 8.06. The fraction of sp³-hybridized carbons (Fsp3) is 0.111. The quantitative estimate of drug-likeness (QED) is 0.732. The lowest BCUT2D eigenvalue weighted by atomic mass is 10.2. The SMILES string of the molecule is Cc1nccnc1-c1cc(C(N)=O)[nH]n1. The number of aromatic amines is 1. The number of hydrogen-bond donors (Lipinski definition) is 2. The first-order chi connectivity index (χ1) is 7.18. The first kappa shape index (κ1) is 9.32. The minimum atomic E-state index is -0.546. The van der Waals surface area contributed by atoms with Gasteiger partial charge in [-0.2, -0.15) is 5.10 Å². The van der Waals surface area contributed by atoms with Crippen LogP contribution in [0, 0.1) is 6.92 Å². The number of amides is 1. The van der Waals surface area contributed by atoms with E-state index in [0.29, 0.717) is 11.4 Å².